The second kappa shape index (κ2) is 10.9. The molecule has 0 aliphatic carbocycles. The second-order valence-electron chi connectivity index (χ2n) is 10.2. The number of hydrogen-bond donors (Lipinski definition) is 1. The zero-order valence-electron chi connectivity index (χ0n) is 21.8. The molecule has 0 spiro atoms. The standard InChI is InChI=1S/C28H35N3O5/c1-7-35-23(32)21-13-11-12-20(16-21)18-31-24(33)28(17-19(2)3,22-14-9-8-10-15-22)30-25(31)29-26(34)36-27(4,5)6/h8-16,19H,7,17-18H2,1-6H3,(H,29,30,34). The molecule has 192 valence electrons. The van der Waals surface area contributed by atoms with Crippen molar-refractivity contribution in [2.24, 2.45) is 10.9 Å². The van der Waals surface area contributed by atoms with Crippen molar-refractivity contribution in [1.29, 1.82) is 0 Å². The normalized spacial score (nSPS) is 17.7. The van der Waals surface area contributed by atoms with Crippen LogP contribution in [0.1, 0.15) is 69.4 Å². The molecule has 2 amide bonds. The van der Waals surface area contributed by atoms with Crippen molar-refractivity contribution in [2.45, 2.75) is 65.6 Å². The highest BCUT2D eigenvalue weighted by atomic mass is 16.6. The Hall–Kier alpha value is -3.68. The van der Waals surface area contributed by atoms with E-state index in [1.165, 1.54) is 4.90 Å². The van der Waals surface area contributed by atoms with Crippen LogP contribution in [0.3, 0.4) is 0 Å². The largest absolute Gasteiger partial charge is 0.462 e. The lowest BCUT2D eigenvalue weighted by atomic mass is 9.82. The molecule has 1 unspecified atom stereocenters. The third kappa shape index (κ3) is 6.30. The number of amides is 2. The highest BCUT2D eigenvalue weighted by Crippen LogP contribution is 2.39. The molecule has 0 saturated heterocycles. The van der Waals surface area contributed by atoms with Crippen LogP contribution in [0.15, 0.2) is 59.6 Å². The zero-order chi connectivity index (χ0) is 26.5. The van der Waals surface area contributed by atoms with E-state index in [-0.39, 0.29) is 30.9 Å². The van der Waals surface area contributed by atoms with E-state index in [4.69, 9.17) is 14.5 Å². The van der Waals surface area contributed by atoms with Crippen LogP contribution < -0.4 is 5.32 Å². The smallest absolute Gasteiger partial charge is 0.414 e. The van der Waals surface area contributed by atoms with E-state index >= 15 is 0 Å². The van der Waals surface area contributed by atoms with E-state index in [1.807, 2.05) is 50.2 Å². The first-order chi connectivity index (χ1) is 16.9. The quantitative estimate of drug-likeness (QED) is 0.546. The SMILES string of the molecule is CCOC(=O)c1cccc(CN2C(=O)C(CC(C)C)(c3ccccc3)N=C2NC(=O)OC(C)(C)C)c1. The summed E-state index contributed by atoms with van der Waals surface area (Å²) in [4.78, 5) is 45.3. The minimum Gasteiger partial charge on any atom is -0.462 e. The van der Waals surface area contributed by atoms with Gasteiger partial charge in [-0.05, 0) is 63.3 Å². The summed E-state index contributed by atoms with van der Waals surface area (Å²) >= 11 is 0. The zero-order valence-corrected chi connectivity index (χ0v) is 21.8. The summed E-state index contributed by atoms with van der Waals surface area (Å²) in [6, 6.07) is 16.3. The van der Waals surface area contributed by atoms with Gasteiger partial charge in [-0.3, -0.25) is 15.0 Å². The van der Waals surface area contributed by atoms with Gasteiger partial charge in [0.15, 0.2) is 5.54 Å². The Morgan fingerprint density at radius 3 is 2.39 bits per heavy atom. The van der Waals surface area contributed by atoms with Crippen LogP contribution in [0, 0.1) is 5.92 Å². The summed E-state index contributed by atoms with van der Waals surface area (Å²) in [5, 5.41) is 2.69. The average Bonchev–Trinajstić information content (AvgIpc) is 3.04. The first-order valence-corrected chi connectivity index (χ1v) is 12.2. The third-order valence-corrected chi connectivity index (χ3v) is 5.50. The molecule has 36 heavy (non-hydrogen) atoms. The molecule has 2 aromatic carbocycles. The number of guanidine groups is 1. The van der Waals surface area contributed by atoms with Crippen molar-refractivity contribution >= 4 is 23.9 Å². The van der Waals surface area contributed by atoms with E-state index in [9.17, 15) is 14.4 Å². The summed E-state index contributed by atoms with van der Waals surface area (Å²) in [5.74, 6) is -0.436. The minimum atomic E-state index is -1.20. The lowest BCUT2D eigenvalue weighted by Crippen LogP contribution is -2.47. The highest BCUT2D eigenvalue weighted by Gasteiger charge is 2.50. The van der Waals surface area contributed by atoms with Crippen molar-refractivity contribution in [3.63, 3.8) is 0 Å². The molecule has 1 heterocycles. The van der Waals surface area contributed by atoms with Gasteiger partial charge >= 0.3 is 12.1 Å². The minimum absolute atomic E-state index is 0.105. The number of esters is 1. The Bertz CT molecular complexity index is 1140. The number of aliphatic imine (C=N–C) groups is 1. The van der Waals surface area contributed by atoms with Crippen molar-refractivity contribution in [1.82, 2.24) is 10.2 Å². The van der Waals surface area contributed by atoms with E-state index < -0.39 is 23.2 Å². The number of nitrogens with zero attached hydrogens (tertiary/aromatic N) is 2. The Morgan fingerprint density at radius 1 is 1.08 bits per heavy atom. The molecule has 3 rings (SSSR count). The van der Waals surface area contributed by atoms with Gasteiger partial charge in [0.1, 0.15) is 5.60 Å². The number of hydrogen-bond acceptors (Lipinski definition) is 6. The van der Waals surface area contributed by atoms with E-state index in [1.54, 1.807) is 45.9 Å². The van der Waals surface area contributed by atoms with Crippen molar-refractivity contribution < 1.29 is 23.9 Å². The van der Waals surface area contributed by atoms with Crippen molar-refractivity contribution in [3.05, 3.63) is 71.3 Å². The molecule has 8 heteroatoms. The number of benzene rings is 2. The maximum Gasteiger partial charge on any atom is 0.414 e. The Morgan fingerprint density at radius 2 is 1.78 bits per heavy atom. The van der Waals surface area contributed by atoms with Gasteiger partial charge in [0.05, 0.1) is 18.7 Å². The Kier molecular flexibility index (Phi) is 8.17. The molecule has 0 bridgehead atoms. The van der Waals surface area contributed by atoms with Gasteiger partial charge in [0.25, 0.3) is 5.91 Å². The maximum absolute atomic E-state index is 14.1. The molecule has 0 fully saturated rings. The van der Waals surface area contributed by atoms with Gasteiger partial charge in [0, 0.05) is 0 Å². The van der Waals surface area contributed by atoms with Gasteiger partial charge in [0.2, 0.25) is 5.96 Å². The molecule has 0 aromatic heterocycles. The van der Waals surface area contributed by atoms with Crippen LogP contribution in [0.2, 0.25) is 0 Å². The molecule has 8 nitrogen and oxygen atoms in total. The highest BCUT2D eigenvalue weighted by molar-refractivity contribution is 6.11. The fourth-order valence-corrected chi connectivity index (χ4v) is 4.18. The van der Waals surface area contributed by atoms with Gasteiger partial charge in [-0.2, -0.15) is 0 Å². The van der Waals surface area contributed by atoms with E-state index in [2.05, 4.69) is 5.32 Å². The Balaban J connectivity index is 2.03. The molecule has 2 aromatic rings. The molecule has 1 aliphatic heterocycles. The fraction of sp³-hybridized carbons (Fsp3) is 0.429. The van der Waals surface area contributed by atoms with E-state index in [0.29, 0.717) is 17.5 Å². The number of rotatable bonds is 7. The summed E-state index contributed by atoms with van der Waals surface area (Å²) in [6.45, 7) is 11.5. The molecule has 0 radical (unpaired) electrons. The molecular formula is C28H35N3O5. The second-order valence-corrected chi connectivity index (χ2v) is 10.2. The summed E-state index contributed by atoms with van der Waals surface area (Å²) < 4.78 is 10.5. The van der Waals surface area contributed by atoms with Crippen LogP contribution in [-0.4, -0.2) is 41.0 Å². The van der Waals surface area contributed by atoms with Gasteiger partial charge in [-0.25, -0.2) is 14.6 Å². The summed E-state index contributed by atoms with van der Waals surface area (Å²) in [5.41, 5.74) is -0.0917. The lowest BCUT2D eigenvalue weighted by Gasteiger charge is -2.28. The lowest BCUT2D eigenvalue weighted by molar-refractivity contribution is -0.132. The molecular weight excluding hydrogens is 458 g/mol. The topological polar surface area (TPSA) is 97.3 Å². The predicted octanol–water partition coefficient (Wildman–Crippen LogP) is 5.03. The van der Waals surface area contributed by atoms with Crippen LogP contribution in [0.25, 0.3) is 0 Å². The predicted molar refractivity (Wildman–Crippen MR) is 137 cm³/mol. The van der Waals surface area contributed by atoms with Crippen LogP contribution >= 0.6 is 0 Å². The molecule has 1 atom stereocenters. The number of alkyl carbamates (subject to hydrolysis) is 1. The first kappa shape index (κ1) is 26.9. The summed E-state index contributed by atoms with van der Waals surface area (Å²) in [6.07, 6.45) is -0.248. The fourth-order valence-electron chi connectivity index (χ4n) is 4.18. The molecule has 0 saturated carbocycles. The number of nitrogens with one attached hydrogen (secondary N) is 1. The number of ether oxygens (including phenoxy) is 2. The van der Waals surface area contributed by atoms with Gasteiger partial charge in [-0.15, -0.1) is 0 Å². The monoisotopic (exact) mass is 493 g/mol. The van der Waals surface area contributed by atoms with Crippen molar-refractivity contribution in [2.75, 3.05) is 6.61 Å². The summed E-state index contributed by atoms with van der Waals surface area (Å²) in [7, 11) is 0. The molecule has 1 N–H and O–H groups in total. The Labute approximate surface area is 212 Å². The van der Waals surface area contributed by atoms with Crippen LogP contribution in [0.4, 0.5) is 4.79 Å². The van der Waals surface area contributed by atoms with Crippen LogP contribution in [0.5, 0.6) is 0 Å². The van der Waals surface area contributed by atoms with Gasteiger partial charge in [-0.1, -0.05) is 56.3 Å². The van der Waals surface area contributed by atoms with Gasteiger partial charge < -0.3 is 9.47 Å². The van der Waals surface area contributed by atoms with Crippen molar-refractivity contribution in [3.8, 4) is 0 Å². The third-order valence-electron chi connectivity index (χ3n) is 5.50. The average molecular weight is 494 g/mol. The number of carbonyl (C=O) groups is 3. The maximum atomic E-state index is 14.1. The van der Waals surface area contributed by atoms with Crippen LogP contribution in [-0.2, 0) is 26.4 Å². The number of carbonyl (C=O) groups excluding carboxylic acids is 3. The molecule has 1 aliphatic rings. The first-order valence-electron chi connectivity index (χ1n) is 12.2. The van der Waals surface area contributed by atoms with E-state index in [0.717, 1.165) is 5.56 Å².